The van der Waals surface area contributed by atoms with E-state index in [0.717, 1.165) is 46.6 Å². The SMILES string of the molecule is CCCCn1c(SCc2csc(Nc3ccccc3)n2)nc2cc(S(N)(=O)=O)ccc21. The number of unbranched alkanes of at least 4 members (excludes halogenated alkanes) is 1. The molecule has 7 nitrogen and oxygen atoms in total. The largest absolute Gasteiger partial charge is 0.332 e. The van der Waals surface area contributed by atoms with Crippen LogP contribution in [0.2, 0.25) is 0 Å². The number of hydrogen-bond donors (Lipinski definition) is 2. The number of aromatic nitrogens is 3. The van der Waals surface area contributed by atoms with E-state index in [-0.39, 0.29) is 4.90 Å². The minimum absolute atomic E-state index is 0.0767. The second-order valence-corrected chi connectivity index (χ2v) is 10.4. The van der Waals surface area contributed by atoms with Crippen LogP contribution in [0.4, 0.5) is 10.8 Å². The fourth-order valence-corrected chi connectivity index (χ4v) is 5.42. The maximum atomic E-state index is 11.7. The number of fused-ring (bicyclic) bond motifs is 1. The molecule has 31 heavy (non-hydrogen) atoms. The summed E-state index contributed by atoms with van der Waals surface area (Å²) in [5.74, 6) is 0.671. The first-order valence-electron chi connectivity index (χ1n) is 9.86. The molecule has 0 spiro atoms. The number of nitrogens with two attached hydrogens (primary N) is 1. The highest BCUT2D eigenvalue weighted by Gasteiger charge is 2.16. The summed E-state index contributed by atoms with van der Waals surface area (Å²) in [7, 11) is -3.76. The maximum Gasteiger partial charge on any atom is 0.238 e. The van der Waals surface area contributed by atoms with Crippen molar-refractivity contribution in [3.63, 3.8) is 0 Å². The molecular formula is C21H23N5O2S3. The molecule has 0 aliphatic heterocycles. The first-order chi connectivity index (χ1) is 14.9. The molecule has 3 N–H and O–H groups in total. The van der Waals surface area contributed by atoms with Gasteiger partial charge in [-0.3, -0.25) is 0 Å². The molecule has 0 saturated heterocycles. The molecule has 0 radical (unpaired) electrons. The molecular weight excluding hydrogens is 450 g/mol. The molecule has 0 aliphatic carbocycles. The number of anilines is 2. The molecule has 10 heteroatoms. The summed E-state index contributed by atoms with van der Waals surface area (Å²) < 4.78 is 25.6. The number of nitrogens with zero attached hydrogens (tertiary/aromatic N) is 3. The molecule has 0 fully saturated rings. The fourth-order valence-electron chi connectivity index (χ4n) is 3.12. The third-order valence-corrected chi connectivity index (χ3v) is 7.40. The Bertz CT molecular complexity index is 1280. The van der Waals surface area contributed by atoms with Crippen molar-refractivity contribution in [1.29, 1.82) is 0 Å². The number of sulfonamides is 1. The van der Waals surface area contributed by atoms with Crippen LogP contribution in [0.15, 0.2) is 64.0 Å². The number of aryl methyl sites for hydroxylation is 1. The molecule has 0 unspecified atom stereocenters. The lowest BCUT2D eigenvalue weighted by Gasteiger charge is -2.08. The van der Waals surface area contributed by atoms with Crippen molar-refractivity contribution in [2.75, 3.05) is 5.32 Å². The number of nitrogens with one attached hydrogen (secondary N) is 1. The number of rotatable bonds is 9. The monoisotopic (exact) mass is 473 g/mol. The minimum atomic E-state index is -3.76. The first-order valence-corrected chi connectivity index (χ1v) is 13.3. The van der Waals surface area contributed by atoms with Gasteiger partial charge in [-0.2, -0.15) is 0 Å². The number of para-hydroxylation sites is 1. The summed E-state index contributed by atoms with van der Waals surface area (Å²) >= 11 is 3.16. The quantitative estimate of drug-likeness (QED) is 0.333. The fraction of sp³-hybridized carbons (Fsp3) is 0.238. The van der Waals surface area contributed by atoms with Gasteiger partial charge in [0.1, 0.15) is 0 Å². The second kappa shape index (κ2) is 9.39. The zero-order valence-electron chi connectivity index (χ0n) is 17.0. The first kappa shape index (κ1) is 21.8. The molecule has 2 aromatic carbocycles. The Morgan fingerprint density at radius 3 is 2.71 bits per heavy atom. The molecule has 162 valence electrons. The lowest BCUT2D eigenvalue weighted by Crippen LogP contribution is -2.11. The Labute approximate surface area is 189 Å². The van der Waals surface area contributed by atoms with Crippen LogP contribution in [0.25, 0.3) is 11.0 Å². The highest BCUT2D eigenvalue weighted by molar-refractivity contribution is 7.98. The number of benzene rings is 2. The van der Waals surface area contributed by atoms with Crippen molar-refractivity contribution in [1.82, 2.24) is 14.5 Å². The summed E-state index contributed by atoms with van der Waals surface area (Å²) in [5.41, 5.74) is 3.51. The van der Waals surface area contributed by atoms with Crippen molar-refractivity contribution in [2.24, 2.45) is 5.14 Å². The normalized spacial score (nSPS) is 11.8. The number of primary sulfonamides is 1. The summed E-state index contributed by atoms with van der Waals surface area (Å²) in [6.07, 6.45) is 2.07. The van der Waals surface area contributed by atoms with E-state index in [9.17, 15) is 8.42 Å². The molecule has 2 aromatic heterocycles. The van der Waals surface area contributed by atoms with Gasteiger partial charge in [0.05, 0.1) is 21.6 Å². The van der Waals surface area contributed by atoms with E-state index < -0.39 is 10.0 Å². The number of thioether (sulfide) groups is 1. The number of hydrogen-bond acceptors (Lipinski definition) is 7. The van der Waals surface area contributed by atoms with Gasteiger partial charge in [0, 0.05) is 23.4 Å². The molecule has 0 atom stereocenters. The standard InChI is InChI=1S/C21H23N5O2S3/c1-2-3-11-26-19-10-9-17(31(22,27)28)12-18(19)25-21(26)30-14-16-13-29-20(24-16)23-15-7-5-4-6-8-15/h4-10,12-13H,2-3,11,14H2,1H3,(H,23,24)(H2,22,27,28). The Hall–Kier alpha value is -2.40. The van der Waals surface area contributed by atoms with Gasteiger partial charge in [-0.15, -0.1) is 11.3 Å². The van der Waals surface area contributed by atoms with Crippen LogP contribution >= 0.6 is 23.1 Å². The van der Waals surface area contributed by atoms with Crippen molar-refractivity contribution < 1.29 is 8.42 Å². The number of imidazole rings is 1. The molecule has 4 rings (SSSR count). The Morgan fingerprint density at radius 2 is 1.97 bits per heavy atom. The van der Waals surface area contributed by atoms with Crippen LogP contribution in [-0.4, -0.2) is 23.0 Å². The Morgan fingerprint density at radius 1 is 1.16 bits per heavy atom. The average Bonchev–Trinajstić information content (AvgIpc) is 3.34. The van der Waals surface area contributed by atoms with E-state index in [0.29, 0.717) is 11.3 Å². The highest BCUT2D eigenvalue weighted by Crippen LogP contribution is 2.30. The second-order valence-electron chi connectivity index (χ2n) is 7.02. The lowest BCUT2D eigenvalue weighted by atomic mass is 10.3. The topological polar surface area (TPSA) is 103 Å². The Kier molecular flexibility index (Phi) is 6.61. The number of thiazole rings is 1. The van der Waals surface area contributed by atoms with Gasteiger partial charge in [0.25, 0.3) is 0 Å². The van der Waals surface area contributed by atoms with Gasteiger partial charge in [-0.25, -0.2) is 23.5 Å². The lowest BCUT2D eigenvalue weighted by molar-refractivity contribution is 0.597. The average molecular weight is 474 g/mol. The summed E-state index contributed by atoms with van der Waals surface area (Å²) in [6.45, 7) is 2.96. The van der Waals surface area contributed by atoms with Crippen LogP contribution in [0, 0.1) is 0 Å². The maximum absolute atomic E-state index is 11.7. The van der Waals surface area contributed by atoms with Gasteiger partial charge in [0.2, 0.25) is 10.0 Å². The minimum Gasteiger partial charge on any atom is -0.332 e. The van der Waals surface area contributed by atoms with Gasteiger partial charge in [-0.05, 0) is 36.8 Å². The third kappa shape index (κ3) is 5.27. The van der Waals surface area contributed by atoms with Crippen LogP contribution in [-0.2, 0) is 22.3 Å². The van der Waals surface area contributed by atoms with E-state index in [4.69, 9.17) is 10.1 Å². The summed E-state index contributed by atoms with van der Waals surface area (Å²) in [6, 6.07) is 14.8. The summed E-state index contributed by atoms with van der Waals surface area (Å²) in [4.78, 5) is 9.44. The third-order valence-electron chi connectivity index (χ3n) is 4.67. The van der Waals surface area contributed by atoms with Crippen LogP contribution in [0.1, 0.15) is 25.5 Å². The molecule has 0 amide bonds. The molecule has 4 aromatic rings. The van der Waals surface area contributed by atoms with Crippen molar-refractivity contribution in [3.05, 3.63) is 59.6 Å². The molecule has 0 saturated carbocycles. The smallest absolute Gasteiger partial charge is 0.238 e. The Balaban J connectivity index is 1.54. The predicted octanol–water partition coefficient (Wildman–Crippen LogP) is 4.98. The predicted molar refractivity (Wildman–Crippen MR) is 127 cm³/mol. The van der Waals surface area contributed by atoms with E-state index in [2.05, 4.69) is 21.8 Å². The molecule has 0 bridgehead atoms. The van der Waals surface area contributed by atoms with Crippen molar-refractivity contribution >= 4 is 55.0 Å². The highest BCUT2D eigenvalue weighted by atomic mass is 32.2. The molecule has 0 aliphatic rings. The van der Waals surface area contributed by atoms with E-state index in [1.54, 1.807) is 35.2 Å². The van der Waals surface area contributed by atoms with Crippen LogP contribution in [0.5, 0.6) is 0 Å². The van der Waals surface area contributed by atoms with Gasteiger partial charge in [-0.1, -0.05) is 43.3 Å². The van der Waals surface area contributed by atoms with E-state index in [1.807, 2.05) is 35.7 Å². The van der Waals surface area contributed by atoms with Crippen LogP contribution < -0.4 is 10.5 Å². The van der Waals surface area contributed by atoms with Gasteiger partial charge in [0.15, 0.2) is 10.3 Å². The zero-order chi connectivity index (χ0) is 21.8. The van der Waals surface area contributed by atoms with Gasteiger partial charge >= 0.3 is 0 Å². The molecule has 2 heterocycles. The van der Waals surface area contributed by atoms with Gasteiger partial charge < -0.3 is 9.88 Å². The summed E-state index contributed by atoms with van der Waals surface area (Å²) in [5, 5.41) is 12.3. The van der Waals surface area contributed by atoms with Crippen molar-refractivity contribution in [3.8, 4) is 0 Å². The van der Waals surface area contributed by atoms with Crippen LogP contribution in [0.3, 0.4) is 0 Å². The van der Waals surface area contributed by atoms with E-state index >= 15 is 0 Å². The van der Waals surface area contributed by atoms with Crippen molar-refractivity contribution in [2.45, 2.75) is 42.1 Å². The zero-order valence-corrected chi connectivity index (χ0v) is 19.4. The van der Waals surface area contributed by atoms with E-state index in [1.165, 1.54) is 6.07 Å².